The molecule has 2 aliphatic heterocycles. The van der Waals surface area contributed by atoms with Gasteiger partial charge in [-0.25, -0.2) is 9.67 Å². The number of aromatic nitrogens is 4. The molecule has 0 aliphatic carbocycles. The van der Waals surface area contributed by atoms with E-state index in [1.54, 1.807) is 6.20 Å². The third-order valence-electron chi connectivity index (χ3n) is 4.39. The van der Waals surface area contributed by atoms with E-state index in [9.17, 15) is 0 Å². The lowest BCUT2D eigenvalue weighted by Crippen LogP contribution is -2.16. The second-order valence-electron chi connectivity index (χ2n) is 6.41. The summed E-state index contributed by atoms with van der Waals surface area (Å²) in [6.07, 6.45) is 7.26. The first kappa shape index (κ1) is 16.3. The molecule has 2 fully saturated rings. The van der Waals surface area contributed by atoms with Crippen LogP contribution in [0.25, 0.3) is 0 Å². The van der Waals surface area contributed by atoms with Crippen molar-refractivity contribution in [3.05, 3.63) is 30.2 Å². The summed E-state index contributed by atoms with van der Waals surface area (Å²) in [6, 6.07) is 3.82. The van der Waals surface area contributed by atoms with Gasteiger partial charge >= 0.3 is 0 Å². The van der Waals surface area contributed by atoms with Crippen molar-refractivity contribution in [1.29, 1.82) is 0 Å². The third kappa shape index (κ3) is 4.46. The number of ether oxygens (including phenoxy) is 3. The molecule has 8 heteroatoms. The van der Waals surface area contributed by atoms with Crippen LogP contribution in [0.4, 0.5) is 5.69 Å². The van der Waals surface area contributed by atoms with Gasteiger partial charge in [-0.3, -0.25) is 0 Å². The van der Waals surface area contributed by atoms with Crippen molar-refractivity contribution in [3.63, 3.8) is 0 Å². The molecule has 2 aliphatic rings. The number of anilines is 1. The quantitative estimate of drug-likeness (QED) is 0.816. The highest BCUT2D eigenvalue weighted by Crippen LogP contribution is 2.17. The van der Waals surface area contributed by atoms with Gasteiger partial charge in [0.05, 0.1) is 50.5 Å². The predicted octanol–water partition coefficient (Wildman–Crippen LogP) is 1.63. The number of pyridine rings is 1. The van der Waals surface area contributed by atoms with Gasteiger partial charge in [0.25, 0.3) is 0 Å². The summed E-state index contributed by atoms with van der Waals surface area (Å²) in [7, 11) is 0. The molecule has 134 valence electrons. The normalized spacial score (nSPS) is 23.0. The first-order valence-corrected chi connectivity index (χ1v) is 8.80. The van der Waals surface area contributed by atoms with Gasteiger partial charge in [-0.2, -0.15) is 0 Å². The van der Waals surface area contributed by atoms with Gasteiger partial charge in [0.2, 0.25) is 5.88 Å². The van der Waals surface area contributed by atoms with E-state index in [0.29, 0.717) is 19.0 Å². The molecule has 2 saturated heterocycles. The van der Waals surface area contributed by atoms with Crippen LogP contribution in [-0.4, -0.2) is 52.0 Å². The first-order chi connectivity index (χ1) is 12.3. The van der Waals surface area contributed by atoms with Gasteiger partial charge in [0.1, 0.15) is 11.8 Å². The van der Waals surface area contributed by atoms with Crippen molar-refractivity contribution in [2.75, 3.05) is 25.1 Å². The molecule has 0 radical (unpaired) electrons. The van der Waals surface area contributed by atoms with Crippen molar-refractivity contribution in [2.24, 2.45) is 0 Å². The van der Waals surface area contributed by atoms with Crippen LogP contribution < -0.4 is 10.1 Å². The molecule has 0 saturated carbocycles. The van der Waals surface area contributed by atoms with Crippen LogP contribution in [0.15, 0.2) is 24.5 Å². The average Bonchev–Trinajstić information content (AvgIpc) is 3.38. The zero-order valence-electron chi connectivity index (χ0n) is 14.1. The summed E-state index contributed by atoms with van der Waals surface area (Å²) in [5.74, 6) is 0.628. The minimum absolute atomic E-state index is 0.116. The van der Waals surface area contributed by atoms with E-state index in [2.05, 4.69) is 20.6 Å². The van der Waals surface area contributed by atoms with Gasteiger partial charge in [0.15, 0.2) is 0 Å². The highest BCUT2D eigenvalue weighted by molar-refractivity contribution is 5.42. The largest absolute Gasteiger partial charge is 0.472 e. The molecule has 2 unspecified atom stereocenters. The Morgan fingerprint density at radius 2 is 2.28 bits per heavy atom. The second kappa shape index (κ2) is 7.79. The smallest absolute Gasteiger partial charge is 0.213 e. The molecule has 25 heavy (non-hydrogen) atoms. The summed E-state index contributed by atoms with van der Waals surface area (Å²) >= 11 is 0. The Kier molecular flexibility index (Phi) is 5.08. The lowest BCUT2D eigenvalue weighted by molar-refractivity contribution is 0.0935. The summed E-state index contributed by atoms with van der Waals surface area (Å²) in [5, 5.41) is 11.7. The zero-order chi connectivity index (χ0) is 16.9. The summed E-state index contributed by atoms with van der Waals surface area (Å²) < 4.78 is 18.5. The highest BCUT2D eigenvalue weighted by Gasteiger charge is 2.18. The van der Waals surface area contributed by atoms with E-state index in [1.165, 1.54) is 0 Å². The van der Waals surface area contributed by atoms with Crippen LogP contribution in [-0.2, 0) is 22.6 Å². The number of rotatable bonds is 7. The van der Waals surface area contributed by atoms with E-state index in [-0.39, 0.29) is 12.2 Å². The van der Waals surface area contributed by atoms with Crippen LogP contribution in [0.5, 0.6) is 5.88 Å². The predicted molar refractivity (Wildman–Crippen MR) is 90.4 cm³/mol. The van der Waals surface area contributed by atoms with Crippen LogP contribution in [0.1, 0.15) is 25.0 Å². The fourth-order valence-corrected chi connectivity index (χ4v) is 3.03. The maximum atomic E-state index is 5.76. The molecular formula is C17H23N5O3. The lowest BCUT2D eigenvalue weighted by Gasteiger charge is -2.11. The fraction of sp³-hybridized carbons (Fsp3) is 0.588. The van der Waals surface area contributed by atoms with Crippen LogP contribution in [0.2, 0.25) is 0 Å². The fourth-order valence-electron chi connectivity index (χ4n) is 3.03. The zero-order valence-corrected chi connectivity index (χ0v) is 14.1. The van der Waals surface area contributed by atoms with E-state index in [1.807, 2.05) is 23.0 Å². The van der Waals surface area contributed by atoms with E-state index < -0.39 is 0 Å². The molecule has 0 bridgehead atoms. The maximum absolute atomic E-state index is 5.76. The molecule has 2 aromatic rings. The molecule has 0 spiro atoms. The Morgan fingerprint density at radius 1 is 1.28 bits per heavy atom. The van der Waals surface area contributed by atoms with Crippen molar-refractivity contribution in [1.82, 2.24) is 20.0 Å². The minimum atomic E-state index is 0.116. The topological polar surface area (TPSA) is 83.3 Å². The van der Waals surface area contributed by atoms with Crippen molar-refractivity contribution >= 4 is 5.69 Å². The molecule has 4 rings (SSSR count). The number of hydrogen-bond acceptors (Lipinski definition) is 7. The monoisotopic (exact) mass is 345 g/mol. The van der Waals surface area contributed by atoms with Crippen LogP contribution in [0, 0.1) is 0 Å². The molecule has 0 aromatic carbocycles. The number of nitrogens with zero attached hydrogens (tertiary/aromatic N) is 4. The number of hydrogen-bond donors (Lipinski definition) is 1. The molecule has 0 amide bonds. The van der Waals surface area contributed by atoms with Gasteiger partial charge in [-0.1, -0.05) is 5.21 Å². The molecular weight excluding hydrogens is 322 g/mol. The second-order valence-corrected chi connectivity index (χ2v) is 6.41. The van der Waals surface area contributed by atoms with E-state index >= 15 is 0 Å². The SMILES string of the molecule is c1cc(OC2CCOC2)ncc1NCc1cn(CC2CCCO2)nn1. The minimum Gasteiger partial charge on any atom is -0.472 e. The molecule has 1 N–H and O–H groups in total. The van der Waals surface area contributed by atoms with Crippen LogP contribution >= 0.6 is 0 Å². The van der Waals surface area contributed by atoms with Crippen molar-refractivity contribution in [2.45, 2.75) is 44.6 Å². The van der Waals surface area contributed by atoms with Crippen LogP contribution in [0.3, 0.4) is 0 Å². The number of nitrogens with one attached hydrogen (secondary N) is 1. The Morgan fingerprint density at radius 3 is 3.04 bits per heavy atom. The lowest BCUT2D eigenvalue weighted by atomic mass is 10.2. The summed E-state index contributed by atoms with van der Waals surface area (Å²) in [6.45, 7) is 3.63. The van der Waals surface area contributed by atoms with E-state index in [0.717, 1.165) is 50.4 Å². The Balaban J connectivity index is 1.25. The standard InChI is InChI=1S/C17H23N5O3/c1-2-15(24-6-1)11-22-10-14(20-21-22)9-18-13-3-4-17(19-8-13)25-16-5-7-23-12-16/h3-4,8,10,15-16,18H,1-2,5-7,9,11-12H2. The first-order valence-electron chi connectivity index (χ1n) is 8.80. The average molecular weight is 345 g/mol. The Bertz CT molecular complexity index is 663. The molecule has 8 nitrogen and oxygen atoms in total. The van der Waals surface area contributed by atoms with Gasteiger partial charge < -0.3 is 19.5 Å². The van der Waals surface area contributed by atoms with Crippen molar-refractivity contribution < 1.29 is 14.2 Å². The Hall–Kier alpha value is -2.19. The molecule has 2 atom stereocenters. The maximum Gasteiger partial charge on any atom is 0.213 e. The Labute approximate surface area is 146 Å². The highest BCUT2D eigenvalue weighted by atomic mass is 16.5. The summed E-state index contributed by atoms with van der Waals surface area (Å²) in [5.41, 5.74) is 1.81. The van der Waals surface area contributed by atoms with E-state index in [4.69, 9.17) is 14.2 Å². The summed E-state index contributed by atoms with van der Waals surface area (Å²) in [4.78, 5) is 4.33. The van der Waals surface area contributed by atoms with Gasteiger partial charge in [-0.05, 0) is 18.9 Å². The van der Waals surface area contributed by atoms with Gasteiger partial charge in [-0.15, -0.1) is 5.10 Å². The van der Waals surface area contributed by atoms with Crippen molar-refractivity contribution in [3.8, 4) is 5.88 Å². The van der Waals surface area contributed by atoms with Gasteiger partial charge in [0, 0.05) is 19.1 Å². The third-order valence-corrected chi connectivity index (χ3v) is 4.39. The molecule has 4 heterocycles. The molecule has 2 aromatic heterocycles.